The number of aromatic nitrogens is 3. The maximum Gasteiger partial charge on any atom is 0.151 e. The number of nitrogens with two attached hydrogens (primary N) is 1. The van der Waals surface area contributed by atoms with E-state index in [0.29, 0.717) is 21.7 Å². The molecule has 0 aliphatic carbocycles. The van der Waals surface area contributed by atoms with E-state index in [4.69, 9.17) is 5.73 Å². The third-order valence-electron chi connectivity index (χ3n) is 5.16. The molecular weight excluding hydrogens is 387 g/mol. The van der Waals surface area contributed by atoms with Crippen molar-refractivity contribution in [1.82, 2.24) is 15.0 Å². The number of benzene rings is 1. The Morgan fingerprint density at radius 2 is 2.10 bits per heavy atom. The lowest BCUT2D eigenvalue weighted by Crippen LogP contribution is -2.27. The molecule has 5 rings (SSSR count). The Hall–Kier alpha value is -3.28. The Labute approximate surface area is 170 Å². The van der Waals surface area contributed by atoms with Crippen molar-refractivity contribution in [2.45, 2.75) is 12.5 Å². The highest BCUT2D eigenvalue weighted by atomic mass is 32.1. The average Bonchev–Trinajstić information content (AvgIpc) is 3.47. The summed E-state index contributed by atoms with van der Waals surface area (Å²) >= 11 is 1.42. The Morgan fingerprint density at radius 3 is 2.83 bits per heavy atom. The summed E-state index contributed by atoms with van der Waals surface area (Å²) in [5.74, 6) is 0.197. The van der Waals surface area contributed by atoms with Gasteiger partial charge in [-0.15, -0.1) is 11.3 Å². The Morgan fingerprint density at radius 1 is 1.24 bits per heavy atom. The number of hydrogen-bond acceptors (Lipinski definition) is 6. The largest absolute Gasteiger partial charge is 0.369 e. The minimum Gasteiger partial charge on any atom is -0.369 e. The van der Waals surface area contributed by atoms with Crippen LogP contribution in [0.5, 0.6) is 0 Å². The number of halogens is 1. The number of hydrogen-bond donors (Lipinski definition) is 2. The van der Waals surface area contributed by atoms with E-state index >= 15 is 0 Å². The number of nitrogens with one attached hydrogen (secondary N) is 1. The molecule has 1 fully saturated rings. The van der Waals surface area contributed by atoms with Gasteiger partial charge in [-0.05, 0) is 30.7 Å². The van der Waals surface area contributed by atoms with Gasteiger partial charge in [0.25, 0.3) is 0 Å². The molecule has 3 N–H and O–H groups in total. The summed E-state index contributed by atoms with van der Waals surface area (Å²) in [6.45, 7) is 1.53. The van der Waals surface area contributed by atoms with Crippen molar-refractivity contribution in [1.29, 1.82) is 5.26 Å². The topological polar surface area (TPSA) is 94.6 Å². The van der Waals surface area contributed by atoms with E-state index in [0.717, 1.165) is 41.2 Å². The van der Waals surface area contributed by atoms with E-state index in [2.05, 4.69) is 25.9 Å². The van der Waals surface area contributed by atoms with Crippen LogP contribution >= 0.6 is 11.3 Å². The molecule has 1 aromatic carbocycles. The first-order chi connectivity index (χ1) is 14.1. The van der Waals surface area contributed by atoms with Crippen molar-refractivity contribution in [3.63, 3.8) is 0 Å². The SMILES string of the molecule is N#Cc1ccc(-c2cncc(-c3nc4c(F)cccc4[nH]3)c2N2CC[C@H](N)C2)s1. The van der Waals surface area contributed by atoms with Crippen LogP contribution in [-0.2, 0) is 0 Å². The molecule has 8 heteroatoms. The summed E-state index contributed by atoms with van der Waals surface area (Å²) in [5, 5.41) is 9.22. The highest BCUT2D eigenvalue weighted by Gasteiger charge is 2.27. The van der Waals surface area contributed by atoms with Crippen LogP contribution in [0.3, 0.4) is 0 Å². The summed E-state index contributed by atoms with van der Waals surface area (Å²) in [7, 11) is 0. The van der Waals surface area contributed by atoms with Crippen molar-refractivity contribution in [2.75, 3.05) is 18.0 Å². The zero-order valence-electron chi connectivity index (χ0n) is 15.4. The fourth-order valence-corrected chi connectivity index (χ4v) is 4.62. The number of rotatable bonds is 3. The fourth-order valence-electron chi connectivity index (χ4n) is 3.81. The van der Waals surface area contributed by atoms with Gasteiger partial charge >= 0.3 is 0 Å². The average molecular weight is 404 g/mol. The minimum atomic E-state index is -0.365. The zero-order valence-corrected chi connectivity index (χ0v) is 16.2. The molecule has 6 nitrogen and oxygen atoms in total. The number of H-pyrrole nitrogens is 1. The van der Waals surface area contributed by atoms with Gasteiger partial charge in [-0.25, -0.2) is 9.37 Å². The summed E-state index contributed by atoms with van der Waals surface area (Å²) in [4.78, 5) is 16.0. The molecule has 4 aromatic rings. The fraction of sp³-hybridized carbons (Fsp3) is 0.190. The van der Waals surface area contributed by atoms with Gasteiger partial charge in [-0.3, -0.25) is 4.98 Å². The maximum atomic E-state index is 14.2. The molecule has 1 aliphatic heterocycles. The molecule has 0 amide bonds. The molecule has 1 atom stereocenters. The number of fused-ring (bicyclic) bond motifs is 1. The first-order valence-corrected chi connectivity index (χ1v) is 10.1. The minimum absolute atomic E-state index is 0.0926. The van der Waals surface area contributed by atoms with Crippen LogP contribution in [0.1, 0.15) is 11.3 Å². The van der Waals surface area contributed by atoms with Gasteiger partial charge in [0.05, 0.1) is 16.8 Å². The molecule has 0 radical (unpaired) electrons. The lowest BCUT2D eigenvalue weighted by atomic mass is 10.1. The molecule has 144 valence electrons. The molecule has 1 aliphatic rings. The first kappa shape index (κ1) is 17.8. The summed E-state index contributed by atoms with van der Waals surface area (Å²) < 4.78 is 14.2. The maximum absolute atomic E-state index is 14.2. The molecule has 0 bridgehead atoms. The summed E-state index contributed by atoms with van der Waals surface area (Å²) in [6.07, 6.45) is 4.44. The second kappa shape index (κ2) is 6.95. The number of para-hydroxylation sites is 1. The quantitative estimate of drug-likeness (QED) is 0.540. The van der Waals surface area contributed by atoms with Crippen LogP contribution in [-0.4, -0.2) is 34.1 Å². The predicted octanol–water partition coefficient (Wildman–Crippen LogP) is 3.90. The number of imidazole rings is 1. The number of pyridine rings is 1. The molecule has 1 saturated heterocycles. The lowest BCUT2D eigenvalue weighted by molar-refractivity contribution is 0.637. The van der Waals surface area contributed by atoms with Crippen molar-refractivity contribution < 1.29 is 4.39 Å². The van der Waals surface area contributed by atoms with Gasteiger partial charge < -0.3 is 15.6 Å². The molecule has 0 spiro atoms. The molecule has 29 heavy (non-hydrogen) atoms. The second-order valence-corrected chi connectivity index (χ2v) is 8.16. The Balaban J connectivity index is 1.73. The van der Waals surface area contributed by atoms with E-state index in [1.54, 1.807) is 24.5 Å². The van der Waals surface area contributed by atoms with Gasteiger partial charge in [0.15, 0.2) is 5.82 Å². The van der Waals surface area contributed by atoms with Crippen molar-refractivity contribution >= 4 is 28.1 Å². The van der Waals surface area contributed by atoms with E-state index in [1.165, 1.54) is 17.4 Å². The number of nitriles is 1. The van der Waals surface area contributed by atoms with Crippen LogP contribution in [0.4, 0.5) is 10.1 Å². The molecule has 0 saturated carbocycles. The van der Waals surface area contributed by atoms with Gasteiger partial charge in [0, 0.05) is 42.0 Å². The Bertz CT molecular complexity index is 1250. The van der Waals surface area contributed by atoms with Gasteiger partial charge in [-0.1, -0.05) is 6.07 Å². The third kappa shape index (κ3) is 3.05. The van der Waals surface area contributed by atoms with Crippen LogP contribution in [0, 0.1) is 17.1 Å². The predicted molar refractivity (Wildman–Crippen MR) is 112 cm³/mol. The highest BCUT2D eigenvalue weighted by Crippen LogP contribution is 2.42. The zero-order chi connectivity index (χ0) is 20.0. The van der Waals surface area contributed by atoms with Crippen LogP contribution < -0.4 is 10.6 Å². The van der Waals surface area contributed by atoms with E-state index in [1.807, 2.05) is 12.1 Å². The van der Waals surface area contributed by atoms with Crippen LogP contribution in [0.25, 0.3) is 32.9 Å². The molecular formula is C21H17FN6S. The van der Waals surface area contributed by atoms with Crippen LogP contribution in [0.2, 0.25) is 0 Å². The van der Waals surface area contributed by atoms with Gasteiger partial charge in [0.2, 0.25) is 0 Å². The number of nitrogens with zero attached hydrogens (tertiary/aromatic N) is 4. The van der Waals surface area contributed by atoms with E-state index in [-0.39, 0.29) is 11.9 Å². The standard InChI is InChI=1S/C21H17FN6S/c22-16-2-1-3-17-19(16)27-21(26-17)15-10-25-9-14(18-5-4-13(8-23)29-18)20(15)28-7-6-12(24)11-28/h1-5,9-10,12H,6-7,11,24H2,(H,26,27)/t12-/m0/s1. The molecule has 4 heterocycles. The van der Waals surface area contributed by atoms with Crippen molar-refractivity contribution in [2.24, 2.45) is 5.73 Å². The van der Waals surface area contributed by atoms with Gasteiger partial charge in [0.1, 0.15) is 22.3 Å². The van der Waals surface area contributed by atoms with E-state index in [9.17, 15) is 9.65 Å². The first-order valence-electron chi connectivity index (χ1n) is 9.27. The summed E-state index contributed by atoms with van der Waals surface area (Å²) in [6, 6.07) is 10.9. The lowest BCUT2D eigenvalue weighted by Gasteiger charge is -2.23. The normalized spacial score (nSPS) is 16.4. The van der Waals surface area contributed by atoms with Crippen molar-refractivity contribution in [3.8, 4) is 27.9 Å². The smallest absolute Gasteiger partial charge is 0.151 e. The Kier molecular flexibility index (Phi) is 4.27. The number of anilines is 1. The highest BCUT2D eigenvalue weighted by molar-refractivity contribution is 7.16. The summed E-state index contributed by atoms with van der Waals surface area (Å²) in [5.41, 5.74) is 9.79. The third-order valence-corrected chi connectivity index (χ3v) is 6.18. The second-order valence-electron chi connectivity index (χ2n) is 7.08. The van der Waals surface area contributed by atoms with Crippen molar-refractivity contribution in [3.05, 3.63) is 53.4 Å². The number of aromatic amines is 1. The molecule has 3 aromatic heterocycles. The molecule has 0 unspecified atom stereocenters. The number of thiophene rings is 1. The van der Waals surface area contributed by atoms with Gasteiger partial charge in [-0.2, -0.15) is 5.26 Å². The monoisotopic (exact) mass is 404 g/mol. The van der Waals surface area contributed by atoms with Crippen LogP contribution in [0.15, 0.2) is 42.7 Å². The van der Waals surface area contributed by atoms with E-state index < -0.39 is 0 Å².